The highest BCUT2D eigenvalue weighted by Gasteiger charge is 2.05. The summed E-state index contributed by atoms with van der Waals surface area (Å²) in [6.07, 6.45) is 5.82. The number of amides is 6. The molecule has 0 atom stereocenters. The van der Waals surface area contributed by atoms with Gasteiger partial charge in [0.2, 0.25) is 35.4 Å². The van der Waals surface area contributed by atoms with Crippen LogP contribution in [0, 0.1) is 0 Å². The Kier molecular flexibility index (Phi) is 61.8. The molecule has 15 N–H and O–H groups in total. The van der Waals surface area contributed by atoms with E-state index >= 15 is 0 Å². The summed E-state index contributed by atoms with van der Waals surface area (Å²) in [6, 6.07) is 2.98. The first-order valence-electron chi connectivity index (χ1n) is 19.8. The Hall–Kier alpha value is -5.26. The zero-order valence-electron chi connectivity index (χ0n) is 38.9. The molecular formula is C37H80ClN14O10+. The number of hydrazine groups is 3. The number of ether oxygens (including phenoxy) is 1. The Balaban J connectivity index is -0.000000127. The number of hydrogen-bond donors (Lipinski definition) is 12. The fraction of sp³-hybridized carbons (Fsp3) is 0.730. The summed E-state index contributed by atoms with van der Waals surface area (Å²) in [4.78, 5) is 99.1. The number of nitrogens with one attached hydrogen (secondary N) is 9. The molecule has 0 aliphatic heterocycles. The molecule has 0 saturated heterocycles. The van der Waals surface area contributed by atoms with E-state index < -0.39 is 5.97 Å². The minimum atomic E-state index is -0.833. The first-order valence-corrected chi connectivity index (χ1v) is 19.8. The maximum Gasteiger partial charge on any atom is 0.310 e. The molecule has 0 radical (unpaired) electrons. The van der Waals surface area contributed by atoms with Crippen molar-refractivity contribution in [1.29, 1.82) is 0 Å². The van der Waals surface area contributed by atoms with Gasteiger partial charge in [0.1, 0.15) is 0 Å². The fourth-order valence-electron chi connectivity index (χ4n) is 3.49. The number of amidine groups is 1. The lowest BCUT2D eigenvalue weighted by atomic mass is 10.2. The van der Waals surface area contributed by atoms with Gasteiger partial charge in [-0.1, -0.05) is 0 Å². The van der Waals surface area contributed by atoms with Crippen molar-refractivity contribution >= 4 is 59.4 Å². The second-order valence-electron chi connectivity index (χ2n) is 13.0. The summed E-state index contributed by atoms with van der Waals surface area (Å²) in [7, 11) is 10.1. The van der Waals surface area contributed by atoms with Gasteiger partial charge < -0.3 is 48.8 Å². The van der Waals surface area contributed by atoms with Crippen LogP contribution in [0.2, 0.25) is 0 Å². The van der Waals surface area contributed by atoms with E-state index in [9.17, 15) is 33.6 Å². The second kappa shape index (κ2) is 53.8. The molecule has 0 aliphatic carbocycles. The first kappa shape index (κ1) is 71.3. The highest BCUT2D eigenvalue weighted by molar-refractivity contribution is 5.86. The molecule has 6 amide bonds. The van der Waals surface area contributed by atoms with Crippen molar-refractivity contribution in [1.82, 2.24) is 43.9 Å². The maximum absolute atomic E-state index is 11.1. The van der Waals surface area contributed by atoms with Crippen molar-refractivity contribution in [3.63, 3.8) is 0 Å². The van der Waals surface area contributed by atoms with Gasteiger partial charge in [0.15, 0.2) is 0 Å². The molecule has 0 rings (SSSR count). The minimum absolute atomic E-state index is 0. The van der Waals surface area contributed by atoms with Gasteiger partial charge in [-0.05, 0) is 39.5 Å². The second-order valence-corrected chi connectivity index (χ2v) is 13.0. The number of rotatable bonds is 20. The zero-order chi connectivity index (χ0) is 47.1. The highest BCUT2D eigenvalue weighted by Crippen LogP contribution is 1.99. The van der Waals surface area contributed by atoms with Gasteiger partial charge in [-0.3, -0.25) is 65.5 Å². The number of carboxylic acid groups (broad SMARTS) is 1. The molecule has 24 nitrogen and oxygen atoms in total. The van der Waals surface area contributed by atoms with Gasteiger partial charge in [-0.2, -0.15) is 0 Å². The van der Waals surface area contributed by atoms with Crippen LogP contribution in [0.3, 0.4) is 0 Å². The number of carboxylic acids is 1. The Morgan fingerprint density at radius 1 is 0.645 bits per heavy atom. The van der Waals surface area contributed by atoms with E-state index in [-0.39, 0.29) is 72.8 Å². The van der Waals surface area contributed by atoms with E-state index in [0.717, 1.165) is 45.9 Å². The summed E-state index contributed by atoms with van der Waals surface area (Å²) in [6.45, 7) is 14.2. The monoisotopic (exact) mass is 916 g/mol. The van der Waals surface area contributed by atoms with Gasteiger partial charge in [0.05, 0.1) is 53.8 Å². The lowest BCUT2D eigenvalue weighted by Crippen LogP contribution is -3.05. The van der Waals surface area contributed by atoms with E-state index in [1.807, 2.05) is 19.3 Å². The van der Waals surface area contributed by atoms with Crippen molar-refractivity contribution < 1.29 is 70.4 Å². The molecule has 364 valence electrons. The van der Waals surface area contributed by atoms with E-state index in [1.54, 1.807) is 7.05 Å². The molecule has 62 heavy (non-hydrogen) atoms. The third-order valence-corrected chi connectivity index (χ3v) is 6.22. The smallest absolute Gasteiger partial charge is 0.310 e. The molecule has 0 unspecified atom stereocenters. The van der Waals surface area contributed by atoms with E-state index in [2.05, 4.69) is 81.5 Å². The Bertz CT molecular complexity index is 1250. The number of aliphatic carboxylic acids is 1. The average molecular weight is 917 g/mol. The molecule has 25 heteroatoms. The summed E-state index contributed by atoms with van der Waals surface area (Å²) in [5, 5.41) is 12.8. The quantitative estimate of drug-likeness (QED) is 0.0103. The van der Waals surface area contributed by atoms with Crippen LogP contribution in [0.15, 0.2) is 15.0 Å². The standard InChI is InChI=1S/C10H18N4O4.C10H21N3O2.C8H17N3.C7H15N3O2.C2H4O2.ClH.H3N/c1-7(15)11-13-9(17)5-3-4-6-10(18)14-12-8(2)16;1-5-11-10(15-9(2)14)12-7-6-8-13(3)4;1-4-9-8-10-6-5-7-11(2)3;1-9-6(11)4-2-3-5-7(12)10-8;1-2(3)4;;/h3-6H2,1-2H3,(H,11,15)(H,12,16)(H,13,17)(H,14,18);5-8H2,1-4H3,(H,11,12);4-7H2,1-3H3;2-5,8H2,1H3,(H,9,11)(H,10,12);1H3,(H,3,4);1H;1H3/p+1. The molecule has 0 aromatic carbocycles. The lowest BCUT2D eigenvalue weighted by Gasteiger charge is -2.07. The van der Waals surface area contributed by atoms with Gasteiger partial charge in [0, 0.05) is 92.9 Å². The van der Waals surface area contributed by atoms with Crippen molar-refractivity contribution in [3.8, 4) is 0 Å². The molecule has 0 bridgehead atoms. The number of esters is 1. The fourth-order valence-corrected chi connectivity index (χ4v) is 3.49. The van der Waals surface area contributed by atoms with Gasteiger partial charge in [-0.15, -0.1) is 0 Å². The molecule has 0 heterocycles. The minimum Gasteiger partial charge on any atom is -1.00 e. The number of nitrogens with zero attached hydrogens (tertiary/aromatic N) is 3. The Labute approximate surface area is 374 Å². The van der Waals surface area contributed by atoms with Gasteiger partial charge in [-0.25, -0.2) is 20.8 Å². The summed E-state index contributed by atoms with van der Waals surface area (Å²) in [5.74, 6) is 2.18. The van der Waals surface area contributed by atoms with Gasteiger partial charge in [0.25, 0.3) is 12.0 Å². The lowest BCUT2D eigenvalue weighted by molar-refractivity contribution is -0.858. The summed E-state index contributed by atoms with van der Waals surface area (Å²) >= 11 is 0. The third-order valence-electron chi connectivity index (χ3n) is 6.22. The number of halogens is 1. The first-order chi connectivity index (χ1) is 28.2. The highest BCUT2D eigenvalue weighted by atomic mass is 35.5. The normalized spacial score (nSPS) is 9.35. The van der Waals surface area contributed by atoms with Crippen LogP contribution in [-0.4, -0.2) is 139 Å². The predicted octanol–water partition coefficient (Wildman–Crippen LogP) is -5.81. The molecule has 0 aromatic rings. The molecule has 0 saturated carbocycles. The van der Waals surface area contributed by atoms with Crippen LogP contribution in [0.1, 0.15) is 106 Å². The van der Waals surface area contributed by atoms with Crippen LogP contribution in [0.25, 0.3) is 0 Å². The molecule has 0 aromatic heterocycles. The predicted molar refractivity (Wildman–Crippen MR) is 233 cm³/mol. The Morgan fingerprint density at radius 3 is 1.39 bits per heavy atom. The number of quaternary nitrogens is 2. The third kappa shape index (κ3) is 79.0. The van der Waals surface area contributed by atoms with Crippen molar-refractivity contribution in [2.24, 2.45) is 20.8 Å². The number of aliphatic imine (C=N–C) groups is 3. The number of nitrogens with two attached hydrogens (primary N) is 1. The van der Waals surface area contributed by atoms with Crippen molar-refractivity contribution in [3.05, 3.63) is 0 Å². The van der Waals surface area contributed by atoms with Gasteiger partial charge >= 0.3 is 5.97 Å². The average Bonchev–Trinajstić information content (AvgIpc) is 3.16. The topological polar surface area (TPSA) is 357 Å². The van der Waals surface area contributed by atoms with Crippen LogP contribution < -0.4 is 72.0 Å². The maximum atomic E-state index is 11.1. The zero-order valence-corrected chi connectivity index (χ0v) is 39.7. The SMILES string of the molecule is CC(=O)NNC(=O)CCCCC(=O)NNC(C)=O.CC(=O)O.CCN=C=NCCC[NH+](C)C.CCNC(=NCCC[NH+](C)C)OC(C)=O.CNC(=O)CCCCC(=O)NN.N.[Cl-]. The van der Waals surface area contributed by atoms with E-state index in [0.29, 0.717) is 57.6 Å². The number of carbonyl (C=O) groups excluding carboxylic acids is 7. The molecular weight excluding hydrogens is 836 g/mol. The van der Waals surface area contributed by atoms with E-state index in [1.165, 1.54) is 30.6 Å². The summed E-state index contributed by atoms with van der Waals surface area (Å²) < 4.78 is 4.89. The van der Waals surface area contributed by atoms with Crippen LogP contribution in [0.5, 0.6) is 0 Å². The van der Waals surface area contributed by atoms with Crippen molar-refractivity contribution in [2.45, 2.75) is 106 Å². The summed E-state index contributed by atoms with van der Waals surface area (Å²) in [5.41, 5.74) is 10.8. The Morgan fingerprint density at radius 2 is 1.05 bits per heavy atom. The molecule has 0 spiro atoms. The number of hydrogen-bond acceptors (Lipinski definition) is 14. The number of unbranched alkanes of at least 4 members (excludes halogenated alkanes) is 2. The largest absolute Gasteiger partial charge is 1.00 e. The van der Waals surface area contributed by atoms with Crippen molar-refractivity contribution in [2.75, 3.05) is 74.5 Å². The number of carbonyl (C=O) groups is 8. The van der Waals surface area contributed by atoms with E-state index in [4.69, 9.17) is 20.5 Å². The van der Waals surface area contributed by atoms with Crippen LogP contribution >= 0.6 is 0 Å². The van der Waals surface area contributed by atoms with Crippen LogP contribution in [0.4, 0.5) is 0 Å². The van der Waals surface area contributed by atoms with Crippen LogP contribution in [-0.2, 0) is 43.1 Å². The molecule has 0 fully saturated rings. The molecule has 0 aliphatic rings.